The van der Waals surface area contributed by atoms with E-state index in [9.17, 15) is 18.4 Å². The van der Waals surface area contributed by atoms with E-state index in [1.54, 1.807) is 12.1 Å². The van der Waals surface area contributed by atoms with Gasteiger partial charge in [-0.1, -0.05) is 42.5 Å². The topological polar surface area (TPSA) is 61.9 Å². The zero-order valence-electron chi connectivity index (χ0n) is 21.8. The van der Waals surface area contributed by atoms with Gasteiger partial charge >= 0.3 is 6.61 Å². The molecule has 6 nitrogen and oxygen atoms in total. The van der Waals surface area contributed by atoms with Crippen LogP contribution in [0.5, 0.6) is 5.75 Å². The molecular weight excluding hydrogens is 488 g/mol. The van der Waals surface area contributed by atoms with E-state index in [-0.39, 0.29) is 29.0 Å². The van der Waals surface area contributed by atoms with E-state index in [0.29, 0.717) is 25.3 Å². The van der Waals surface area contributed by atoms with Crippen LogP contribution < -0.4 is 10.1 Å². The van der Waals surface area contributed by atoms with Gasteiger partial charge in [0.2, 0.25) is 11.8 Å². The molecule has 1 N–H and O–H groups in total. The molecule has 1 saturated carbocycles. The van der Waals surface area contributed by atoms with Crippen LogP contribution in [0.15, 0.2) is 54.6 Å². The smallest absolute Gasteiger partial charge is 0.387 e. The van der Waals surface area contributed by atoms with Gasteiger partial charge in [0.25, 0.3) is 0 Å². The molecule has 3 aliphatic rings. The van der Waals surface area contributed by atoms with Crippen molar-refractivity contribution in [3.05, 3.63) is 65.7 Å². The molecule has 5 rings (SSSR count). The minimum atomic E-state index is -2.85. The summed E-state index contributed by atoms with van der Waals surface area (Å²) in [5.41, 5.74) is 2.06. The van der Waals surface area contributed by atoms with Crippen LogP contribution in [-0.2, 0) is 16.1 Å². The summed E-state index contributed by atoms with van der Waals surface area (Å²) in [6.07, 6.45) is 6.35. The Morgan fingerprint density at radius 3 is 2.42 bits per heavy atom. The first-order chi connectivity index (χ1) is 18.4. The fourth-order valence-electron chi connectivity index (χ4n) is 5.86. The highest BCUT2D eigenvalue weighted by Crippen LogP contribution is 2.41. The number of carbonyl (C=O) groups excluding carboxylic acids is 2. The van der Waals surface area contributed by atoms with Crippen LogP contribution in [0.4, 0.5) is 8.78 Å². The maximum Gasteiger partial charge on any atom is 0.387 e. The second-order valence-corrected chi connectivity index (χ2v) is 11.3. The van der Waals surface area contributed by atoms with E-state index in [0.717, 1.165) is 56.6 Å². The number of hydrogen-bond donors (Lipinski definition) is 1. The number of carbonyl (C=O) groups is 2. The lowest BCUT2D eigenvalue weighted by atomic mass is 9.77. The predicted octanol–water partition coefficient (Wildman–Crippen LogP) is 5.15. The van der Waals surface area contributed by atoms with E-state index in [1.807, 2.05) is 23.1 Å². The summed E-state index contributed by atoms with van der Waals surface area (Å²) < 4.78 is 29.2. The maximum absolute atomic E-state index is 12.8. The highest BCUT2D eigenvalue weighted by molar-refractivity contribution is 5.79. The van der Waals surface area contributed by atoms with Gasteiger partial charge in [-0.15, -0.1) is 0 Å². The Morgan fingerprint density at radius 1 is 1.05 bits per heavy atom. The average Bonchev–Trinajstić information content (AvgIpc) is 3.67. The van der Waals surface area contributed by atoms with E-state index in [4.69, 9.17) is 0 Å². The third kappa shape index (κ3) is 7.10. The Bertz CT molecular complexity index is 1080. The van der Waals surface area contributed by atoms with Gasteiger partial charge in [0.15, 0.2) is 0 Å². The van der Waals surface area contributed by atoms with Gasteiger partial charge in [0, 0.05) is 32.5 Å². The summed E-state index contributed by atoms with van der Waals surface area (Å²) in [5, 5.41) is 3.28. The van der Waals surface area contributed by atoms with Crippen molar-refractivity contribution in [1.29, 1.82) is 0 Å². The first-order valence-corrected chi connectivity index (χ1v) is 13.8. The number of ether oxygens (including phenoxy) is 1. The molecule has 0 aromatic heterocycles. The number of alkyl halides is 2. The zero-order chi connectivity index (χ0) is 26.5. The largest absolute Gasteiger partial charge is 0.435 e. The van der Waals surface area contributed by atoms with E-state index in [1.165, 1.54) is 25.0 Å². The SMILES string of the molecule is O=C(CC1CC1)NC(CCN1CCC2(CC1)CC(=O)N(Cc1ccc(OC(F)F)cc1)C2)c1ccccc1. The fraction of sp³-hybridized carbons (Fsp3) is 0.533. The molecule has 2 amide bonds. The molecular formula is C30H37F2N3O3. The molecule has 204 valence electrons. The number of piperidine rings is 1. The molecule has 0 bridgehead atoms. The summed E-state index contributed by atoms with van der Waals surface area (Å²) >= 11 is 0. The molecule has 3 fully saturated rings. The number of nitrogens with zero attached hydrogens (tertiary/aromatic N) is 2. The van der Waals surface area contributed by atoms with Gasteiger partial charge in [0.05, 0.1) is 6.04 Å². The molecule has 2 heterocycles. The standard InChI is InChI=1S/C30H37F2N3O3/c31-29(32)38-25-10-8-23(9-11-25)20-35-21-30(19-28(35)37)13-16-34(17-14-30)15-12-26(24-4-2-1-3-5-24)33-27(36)18-22-6-7-22/h1-5,8-11,22,26,29H,6-7,12-21H2,(H,33,36). The molecule has 8 heteroatoms. The second-order valence-electron chi connectivity index (χ2n) is 11.3. The van der Waals surface area contributed by atoms with Crippen molar-refractivity contribution < 1.29 is 23.1 Å². The van der Waals surface area contributed by atoms with Crippen molar-refractivity contribution in [2.75, 3.05) is 26.2 Å². The molecule has 1 spiro atoms. The van der Waals surface area contributed by atoms with Crippen LogP contribution in [0, 0.1) is 11.3 Å². The van der Waals surface area contributed by atoms with Crippen LogP contribution in [0.1, 0.15) is 62.1 Å². The minimum Gasteiger partial charge on any atom is -0.435 e. The van der Waals surface area contributed by atoms with Crippen molar-refractivity contribution in [2.24, 2.45) is 11.3 Å². The minimum absolute atomic E-state index is 0.00359. The number of amides is 2. The Hall–Kier alpha value is -3.00. The van der Waals surface area contributed by atoms with Gasteiger partial charge < -0.3 is 19.9 Å². The monoisotopic (exact) mass is 525 g/mol. The number of halogens is 2. The normalized spacial score (nSPS) is 20.2. The van der Waals surface area contributed by atoms with Crippen LogP contribution >= 0.6 is 0 Å². The molecule has 1 atom stereocenters. The number of benzene rings is 2. The molecule has 2 aromatic rings. The Labute approximate surface area is 223 Å². The Balaban J connectivity index is 1.11. The van der Waals surface area contributed by atoms with Crippen LogP contribution in [0.2, 0.25) is 0 Å². The van der Waals surface area contributed by atoms with E-state index < -0.39 is 6.61 Å². The summed E-state index contributed by atoms with van der Waals surface area (Å²) in [7, 11) is 0. The van der Waals surface area contributed by atoms with Crippen LogP contribution in [0.3, 0.4) is 0 Å². The highest BCUT2D eigenvalue weighted by Gasteiger charge is 2.44. The van der Waals surface area contributed by atoms with Crippen molar-refractivity contribution in [3.8, 4) is 5.75 Å². The summed E-state index contributed by atoms with van der Waals surface area (Å²) in [4.78, 5) is 29.8. The lowest BCUT2D eigenvalue weighted by molar-refractivity contribution is -0.128. The molecule has 1 aliphatic carbocycles. The zero-order valence-corrected chi connectivity index (χ0v) is 21.8. The number of likely N-dealkylation sites (tertiary alicyclic amines) is 2. The Morgan fingerprint density at radius 2 is 1.76 bits per heavy atom. The number of nitrogens with one attached hydrogen (secondary N) is 1. The summed E-state index contributed by atoms with van der Waals surface area (Å²) in [6, 6.07) is 16.8. The first-order valence-electron chi connectivity index (χ1n) is 13.8. The molecule has 0 radical (unpaired) electrons. The summed E-state index contributed by atoms with van der Waals surface area (Å²) in [6.45, 7) is 1.17. The van der Waals surface area contributed by atoms with E-state index >= 15 is 0 Å². The van der Waals surface area contributed by atoms with Gasteiger partial charge in [-0.2, -0.15) is 8.78 Å². The van der Waals surface area contributed by atoms with Gasteiger partial charge in [-0.25, -0.2) is 0 Å². The molecule has 38 heavy (non-hydrogen) atoms. The van der Waals surface area contributed by atoms with Gasteiger partial charge in [-0.3, -0.25) is 9.59 Å². The fourth-order valence-corrected chi connectivity index (χ4v) is 5.86. The average molecular weight is 526 g/mol. The lowest BCUT2D eigenvalue weighted by Gasteiger charge is -2.39. The maximum atomic E-state index is 12.8. The van der Waals surface area contributed by atoms with E-state index in [2.05, 4.69) is 27.1 Å². The quantitative estimate of drug-likeness (QED) is 0.441. The first kappa shape index (κ1) is 26.6. The van der Waals surface area contributed by atoms with Crippen molar-refractivity contribution in [2.45, 2.75) is 64.1 Å². The summed E-state index contributed by atoms with van der Waals surface area (Å²) in [5.74, 6) is 1.00. The number of hydrogen-bond acceptors (Lipinski definition) is 4. The predicted molar refractivity (Wildman–Crippen MR) is 140 cm³/mol. The molecule has 2 aromatic carbocycles. The van der Waals surface area contributed by atoms with Crippen molar-refractivity contribution in [1.82, 2.24) is 15.1 Å². The Kier molecular flexibility index (Phi) is 8.27. The second kappa shape index (κ2) is 11.8. The van der Waals surface area contributed by atoms with Crippen LogP contribution in [-0.4, -0.2) is 54.4 Å². The van der Waals surface area contributed by atoms with Crippen LogP contribution in [0.25, 0.3) is 0 Å². The highest BCUT2D eigenvalue weighted by atomic mass is 19.3. The number of rotatable bonds is 11. The van der Waals surface area contributed by atoms with Gasteiger partial charge in [0.1, 0.15) is 5.75 Å². The molecule has 1 unspecified atom stereocenters. The van der Waals surface area contributed by atoms with Gasteiger partial charge in [-0.05, 0) is 79.8 Å². The van der Waals surface area contributed by atoms with Crippen molar-refractivity contribution >= 4 is 11.8 Å². The van der Waals surface area contributed by atoms with Crippen molar-refractivity contribution in [3.63, 3.8) is 0 Å². The third-order valence-electron chi connectivity index (χ3n) is 8.29. The third-order valence-corrected chi connectivity index (χ3v) is 8.29. The molecule has 2 saturated heterocycles. The molecule has 2 aliphatic heterocycles. The lowest BCUT2D eigenvalue weighted by Crippen LogP contribution is -2.42.